The van der Waals surface area contributed by atoms with Crippen molar-refractivity contribution in [1.29, 1.82) is 0 Å². The molecule has 0 atom stereocenters. The zero-order chi connectivity index (χ0) is 11.8. The average molecular weight is 228 g/mol. The Bertz CT molecular complexity index is 596. The number of hydrogen-bond acceptors (Lipinski definition) is 3. The molecule has 1 aliphatic rings. The van der Waals surface area contributed by atoms with Gasteiger partial charge in [0.2, 0.25) is 5.91 Å². The molecule has 1 aromatic heterocycles. The number of anilines is 1. The van der Waals surface area contributed by atoms with Crippen LogP contribution in [0.2, 0.25) is 0 Å². The molecule has 1 heterocycles. The number of amides is 1. The highest BCUT2D eigenvalue weighted by molar-refractivity contribution is 5.99. The largest absolute Gasteiger partial charge is 0.440 e. The average Bonchev–Trinajstić information content (AvgIpc) is 3.09. The molecule has 0 spiro atoms. The van der Waals surface area contributed by atoms with Gasteiger partial charge in [0.15, 0.2) is 11.5 Å². The van der Waals surface area contributed by atoms with Gasteiger partial charge in [0.1, 0.15) is 5.52 Å². The lowest BCUT2D eigenvalue weighted by molar-refractivity contribution is -0.111. The molecular formula is C13H12N2O2. The molecular weight excluding hydrogens is 216 g/mol. The van der Waals surface area contributed by atoms with E-state index >= 15 is 0 Å². The Morgan fingerprint density at radius 3 is 3.06 bits per heavy atom. The number of benzene rings is 1. The summed E-state index contributed by atoms with van der Waals surface area (Å²) in [5.74, 6) is 1.08. The summed E-state index contributed by atoms with van der Waals surface area (Å²) >= 11 is 0. The number of aromatic nitrogens is 1. The molecule has 3 rings (SSSR count). The molecule has 0 saturated heterocycles. The first-order valence-corrected chi connectivity index (χ1v) is 5.60. The number of hydrogen-bond donors (Lipinski definition) is 1. The van der Waals surface area contributed by atoms with Crippen molar-refractivity contribution in [3.63, 3.8) is 0 Å². The monoisotopic (exact) mass is 228 g/mol. The topological polar surface area (TPSA) is 55.1 Å². The minimum absolute atomic E-state index is 0.227. The van der Waals surface area contributed by atoms with Gasteiger partial charge in [-0.3, -0.25) is 4.79 Å². The van der Waals surface area contributed by atoms with Crippen LogP contribution in [0, 0.1) is 0 Å². The van der Waals surface area contributed by atoms with Gasteiger partial charge >= 0.3 is 0 Å². The van der Waals surface area contributed by atoms with Gasteiger partial charge in [0.05, 0.1) is 0 Å². The Morgan fingerprint density at radius 2 is 2.35 bits per heavy atom. The molecule has 0 bridgehead atoms. The minimum atomic E-state index is -0.227. The van der Waals surface area contributed by atoms with E-state index < -0.39 is 0 Å². The fourth-order valence-electron chi connectivity index (χ4n) is 1.72. The van der Waals surface area contributed by atoms with Crippen molar-refractivity contribution < 1.29 is 9.21 Å². The second kappa shape index (κ2) is 3.73. The van der Waals surface area contributed by atoms with Crippen molar-refractivity contribution in [1.82, 2.24) is 4.98 Å². The maximum atomic E-state index is 11.2. The predicted molar refractivity (Wildman–Crippen MR) is 64.8 cm³/mol. The molecule has 1 fully saturated rings. The maximum Gasteiger partial charge on any atom is 0.247 e. The van der Waals surface area contributed by atoms with E-state index in [9.17, 15) is 4.79 Å². The number of carbonyl (C=O) groups excluding carboxylic acids is 1. The van der Waals surface area contributed by atoms with Crippen LogP contribution < -0.4 is 5.32 Å². The molecule has 4 heteroatoms. The van der Waals surface area contributed by atoms with Crippen LogP contribution in [0.25, 0.3) is 11.1 Å². The van der Waals surface area contributed by atoms with Crippen LogP contribution in [-0.4, -0.2) is 10.9 Å². The maximum absolute atomic E-state index is 11.2. The molecule has 1 aliphatic carbocycles. The Morgan fingerprint density at radius 1 is 1.53 bits per heavy atom. The number of nitrogens with one attached hydrogen (secondary N) is 1. The van der Waals surface area contributed by atoms with Crippen molar-refractivity contribution in [2.45, 2.75) is 18.8 Å². The van der Waals surface area contributed by atoms with Crippen LogP contribution in [0.5, 0.6) is 0 Å². The highest BCUT2D eigenvalue weighted by atomic mass is 16.3. The van der Waals surface area contributed by atoms with Crippen LogP contribution in [0.3, 0.4) is 0 Å². The van der Waals surface area contributed by atoms with E-state index in [-0.39, 0.29) is 5.91 Å². The molecule has 1 amide bonds. The van der Waals surface area contributed by atoms with Crippen LogP contribution in [0.1, 0.15) is 24.7 Å². The molecule has 17 heavy (non-hydrogen) atoms. The number of fused-ring (bicyclic) bond motifs is 1. The zero-order valence-corrected chi connectivity index (χ0v) is 9.27. The normalized spacial score (nSPS) is 14.8. The molecule has 1 aromatic carbocycles. The van der Waals surface area contributed by atoms with E-state index in [2.05, 4.69) is 16.9 Å². The van der Waals surface area contributed by atoms with Crippen molar-refractivity contribution in [2.75, 3.05) is 5.32 Å². The van der Waals surface area contributed by atoms with E-state index in [1.54, 1.807) is 6.07 Å². The fourth-order valence-corrected chi connectivity index (χ4v) is 1.72. The third kappa shape index (κ3) is 1.93. The number of oxazole rings is 1. The molecule has 0 aliphatic heterocycles. The van der Waals surface area contributed by atoms with Gasteiger partial charge in [0, 0.05) is 11.6 Å². The summed E-state index contributed by atoms with van der Waals surface area (Å²) in [6.45, 7) is 3.41. The van der Waals surface area contributed by atoms with E-state index in [0.29, 0.717) is 11.6 Å². The van der Waals surface area contributed by atoms with Gasteiger partial charge in [-0.25, -0.2) is 4.98 Å². The van der Waals surface area contributed by atoms with Gasteiger partial charge in [0.25, 0.3) is 0 Å². The highest BCUT2D eigenvalue weighted by Gasteiger charge is 2.28. The lowest BCUT2D eigenvalue weighted by Gasteiger charge is -2.00. The summed E-state index contributed by atoms with van der Waals surface area (Å²) in [7, 11) is 0. The zero-order valence-electron chi connectivity index (χ0n) is 9.27. The molecule has 0 unspecified atom stereocenters. The van der Waals surface area contributed by atoms with Gasteiger partial charge < -0.3 is 9.73 Å². The third-order valence-electron chi connectivity index (χ3n) is 2.78. The smallest absolute Gasteiger partial charge is 0.247 e. The third-order valence-corrected chi connectivity index (χ3v) is 2.78. The van der Waals surface area contributed by atoms with Gasteiger partial charge in [-0.15, -0.1) is 0 Å². The minimum Gasteiger partial charge on any atom is -0.440 e. The molecule has 2 aromatic rings. The van der Waals surface area contributed by atoms with Crippen molar-refractivity contribution in [3.05, 3.63) is 36.7 Å². The molecule has 86 valence electrons. The van der Waals surface area contributed by atoms with E-state index in [0.717, 1.165) is 29.8 Å². The van der Waals surface area contributed by atoms with Gasteiger partial charge in [-0.05, 0) is 37.1 Å². The first-order chi connectivity index (χ1) is 8.26. The van der Waals surface area contributed by atoms with Crippen LogP contribution in [0.15, 0.2) is 35.3 Å². The van der Waals surface area contributed by atoms with Gasteiger partial charge in [-0.1, -0.05) is 6.58 Å². The summed E-state index contributed by atoms with van der Waals surface area (Å²) in [6.07, 6.45) is 3.56. The standard InChI is InChI=1S/C13H12N2O2/c1-2-12(16)14-9-5-6-11-10(7-9)15-13(17-11)8-3-4-8/h2,5-8H,1,3-4H2,(H,14,16). The summed E-state index contributed by atoms with van der Waals surface area (Å²) in [4.78, 5) is 15.6. The number of rotatable bonds is 3. The molecule has 1 N–H and O–H groups in total. The Kier molecular flexibility index (Phi) is 2.21. The van der Waals surface area contributed by atoms with Gasteiger partial charge in [-0.2, -0.15) is 0 Å². The Labute approximate surface area is 98.3 Å². The first kappa shape index (κ1) is 10.1. The quantitative estimate of drug-likeness (QED) is 0.822. The highest BCUT2D eigenvalue weighted by Crippen LogP contribution is 2.40. The summed E-state index contributed by atoms with van der Waals surface area (Å²) in [5, 5.41) is 2.70. The SMILES string of the molecule is C=CC(=O)Nc1ccc2oc(C3CC3)nc2c1. The van der Waals surface area contributed by atoms with Crippen molar-refractivity contribution in [3.8, 4) is 0 Å². The van der Waals surface area contributed by atoms with Crippen LogP contribution in [0.4, 0.5) is 5.69 Å². The second-order valence-corrected chi connectivity index (χ2v) is 4.20. The summed E-state index contributed by atoms with van der Waals surface area (Å²) in [5.41, 5.74) is 2.26. The van der Waals surface area contributed by atoms with E-state index in [4.69, 9.17) is 4.42 Å². The second-order valence-electron chi connectivity index (χ2n) is 4.20. The Hall–Kier alpha value is -2.10. The van der Waals surface area contributed by atoms with Crippen molar-refractivity contribution in [2.24, 2.45) is 0 Å². The summed E-state index contributed by atoms with van der Waals surface area (Å²) in [6, 6.07) is 5.44. The van der Waals surface area contributed by atoms with Crippen LogP contribution >= 0.6 is 0 Å². The predicted octanol–water partition coefficient (Wildman–Crippen LogP) is 2.83. The molecule has 0 radical (unpaired) electrons. The summed E-state index contributed by atoms with van der Waals surface area (Å²) < 4.78 is 5.63. The van der Waals surface area contributed by atoms with Crippen LogP contribution in [-0.2, 0) is 4.79 Å². The van der Waals surface area contributed by atoms with E-state index in [1.807, 2.05) is 12.1 Å². The fraction of sp³-hybridized carbons (Fsp3) is 0.231. The number of nitrogens with zero attached hydrogens (tertiary/aromatic N) is 1. The molecule has 4 nitrogen and oxygen atoms in total. The Balaban J connectivity index is 1.94. The molecule has 1 saturated carbocycles. The van der Waals surface area contributed by atoms with E-state index in [1.165, 1.54) is 6.08 Å². The lowest BCUT2D eigenvalue weighted by Crippen LogP contribution is -2.06. The lowest BCUT2D eigenvalue weighted by atomic mass is 10.3. The van der Waals surface area contributed by atoms with Crippen molar-refractivity contribution >= 4 is 22.7 Å². The number of carbonyl (C=O) groups is 1. The first-order valence-electron chi connectivity index (χ1n) is 5.60.